The molecule has 0 saturated heterocycles. The van der Waals surface area contributed by atoms with E-state index in [9.17, 15) is 29.9 Å². The molecule has 2 amide bonds. The molecule has 0 saturated carbocycles. The first-order chi connectivity index (χ1) is 14.5. The molecule has 31 heavy (non-hydrogen) atoms. The molecular formula is C19H25N5O7. The molecule has 0 fully saturated rings. The molecule has 0 aliphatic heterocycles. The van der Waals surface area contributed by atoms with Crippen LogP contribution >= 0.6 is 0 Å². The zero-order chi connectivity index (χ0) is 23.3. The van der Waals surface area contributed by atoms with Gasteiger partial charge in [0, 0.05) is 5.54 Å². The molecule has 0 unspecified atom stereocenters. The lowest BCUT2D eigenvalue weighted by Gasteiger charge is -2.34. The third-order valence-corrected chi connectivity index (χ3v) is 4.45. The SMILES string of the molecule is Cn1c(CON(C(=O)CN(C(=O)O)C(C)(C)C)c2cccc(CO)c2)cnc1[N+](=O)[O-]. The molecule has 0 aliphatic carbocycles. The normalized spacial score (nSPS) is 11.3. The van der Waals surface area contributed by atoms with E-state index in [-0.39, 0.29) is 24.8 Å². The fourth-order valence-corrected chi connectivity index (χ4v) is 2.73. The van der Waals surface area contributed by atoms with E-state index in [4.69, 9.17) is 4.84 Å². The van der Waals surface area contributed by atoms with Crippen molar-refractivity contribution in [3.05, 3.63) is 51.8 Å². The standard InChI is InChI=1S/C19H25N5O7/c1-19(2,3)22(18(27)28)10-16(26)23(14-7-5-6-13(8-14)11-25)31-12-15-9-20-17(21(15)4)24(29)30/h5-9,25H,10-12H2,1-4H3,(H,27,28). The van der Waals surface area contributed by atoms with E-state index < -0.39 is 29.0 Å². The van der Waals surface area contributed by atoms with Gasteiger partial charge in [0.1, 0.15) is 25.0 Å². The highest BCUT2D eigenvalue weighted by molar-refractivity contribution is 5.94. The summed E-state index contributed by atoms with van der Waals surface area (Å²) in [6.45, 7) is 3.96. The fourth-order valence-electron chi connectivity index (χ4n) is 2.73. The summed E-state index contributed by atoms with van der Waals surface area (Å²) in [6, 6.07) is 6.34. The number of hydroxylamine groups is 1. The summed E-state index contributed by atoms with van der Waals surface area (Å²) in [5, 5.41) is 30.8. The van der Waals surface area contributed by atoms with Gasteiger partial charge in [-0.05, 0) is 43.4 Å². The molecule has 12 nitrogen and oxygen atoms in total. The largest absolute Gasteiger partial charge is 0.465 e. The highest BCUT2D eigenvalue weighted by atomic mass is 16.7. The molecule has 1 aromatic heterocycles. The number of nitrogens with zero attached hydrogens (tertiary/aromatic N) is 5. The number of carbonyl (C=O) groups excluding carboxylic acids is 1. The number of aliphatic hydroxyl groups is 1. The minimum absolute atomic E-state index is 0.241. The summed E-state index contributed by atoms with van der Waals surface area (Å²) >= 11 is 0. The van der Waals surface area contributed by atoms with Crippen molar-refractivity contribution < 1.29 is 29.6 Å². The summed E-state index contributed by atoms with van der Waals surface area (Å²) in [7, 11) is 1.44. The molecule has 1 aromatic carbocycles. The lowest BCUT2D eigenvalue weighted by Crippen LogP contribution is -2.50. The van der Waals surface area contributed by atoms with Crippen molar-refractivity contribution in [2.75, 3.05) is 11.6 Å². The molecule has 12 heteroatoms. The number of carbonyl (C=O) groups is 2. The first kappa shape index (κ1) is 23.8. The van der Waals surface area contributed by atoms with Crippen LogP contribution < -0.4 is 5.06 Å². The van der Waals surface area contributed by atoms with Crippen molar-refractivity contribution in [1.29, 1.82) is 0 Å². The molecule has 1 heterocycles. The van der Waals surface area contributed by atoms with Crippen LogP contribution in [0, 0.1) is 10.1 Å². The van der Waals surface area contributed by atoms with Crippen LogP contribution in [0.2, 0.25) is 0 Å². The van der Waals surface area contributed by atoms with Crippen LogP contribution in [0.25, 0.3) is 0 Å². The van der Waals surface area contributed by atoms with Crippen LogP contribution in [-0.4, -0.2) is 53.7 Å². The number of imidazole rings is 1. The fraction of sp³-hybridized carbons (Fsp3) is 0.421. The van der Waals surface area contributed by atoms with Gasteiger partial charge in [-0.2, -0.15) is 5.06 Å². The van der Waals surface area contributed by atoms with E-state index in [1.165, 1.54) is 23.9 Å². The predicted molar refractivity (Wildman–Crippen MR) is 109 cm³/mol. The van der Waals surface area contributed by atoms with Crippen molar-refractivity contribution >= 4 is 23.6 Å². The molecule has 0 aliphatic rings. The molecule has 168 valence electrons. The molecule has 0 spiro atoms. The van der Waals surface area contributed by atoms with E-state index in [1.54, 1.807) is 39.0 Å². The second-order valence-electron chi connectivity index (χ2n) is 7.69. The van der Waals surface area contributed by atoms with Gasteiger partial charge < -0.3 is 20.3 Å². The average molecular weight is 435 g/mol. The van der Waals surface area contributed by atoms with Crippen molar-refractivity contribution in [1.82, 2.24) is 14.5 Å². The van der Waals surface area contributed by atoms with Gasteiger partial charge in [0.15, 0.2) is 0 Å². The second kappa shape index (κ2) is 9.53. The smallest absolute Gasteiger partial charge is 0.434 e. The first-order valence-corrected chi connectivity index (χ1v) is 9.27. The van der Waals surface area contributed by atoms with E-state index in [0.717, 1.165) is 9.96 Å². The Morgan fingerprint density at radius 2 is 2.00 bits per heavy atom. The zero-order valence-corrected chi connectivity index (χ0v) is 17.7. The number of rotatable bonds is 8. The van der Waals surface area contributed by atoms with Crippen LogP contribution in [0.4, 0.5) is 16.4 Å². The van der Waals surface area contributed by atoms with Gasteiger partial charge in [-0.3, -0.25) is 14.5 Å². The number of hydrogen-bond donors (Lipinski definition) is 2. The Balaban J connectivity index is 2.33. The van der Waals surface area contributed by atoms with E-state index in [0.29, 0.717) is 11.3 Å². The third-order valence-electron chi connectivity index (χ3n) is 4.45. The van der Waals surface area contributed by atoms with Crippen LogP contribution in [-0.2, 0) is 29.9 Å². The number of hydrogen-bond acceptors (Lipinski definition) is 7. The molecule has 0 atom stereocenters. The Morgan fingerprint density at radius 3 is 2.52 bits per heavy atom. The van der Waals surface area contributed by atoms with Crippen LogP contribution in [0.5, 0.6) is 0 Å². The van der Waals surface area contributed by atoms with Crippen LogP contribution in [0.15, 0.2) is 30.5 Å². The van der Waals surface area contributed by atoms with Crippen LogP contribution in [0.3, 0.4) is 0 Å². The van der Waals surface area contributed by atoms with Gasteiger partial charge in [0.05, 0.1) is 19.3 Å². The van der Waals surface area contributed by atoms with E-state index >= 15 is 0 Å². The lowest BCUT2D eigenvalue weighted by atomic mass is 10.1. The van der Waals surface area contributed by atoms with Gasteiger partial charge >= 0.3 is 12.0 Å². The predicted octanol–water partition coefficient (Wildman–Crippen LogP) is 2.06. The Kier molecular flexibility index (Phi) is 7.31. The maximum Gasteiger partial charge on any atom is 0.434 e. The van der Waals surface area contributed by atoms with Gasteiger partial charge in [0.25, 0.3) is 5.91 Å². The van der Waals surface area contributed by atoms with Crippen molar-refractivity contribution in [2.24, 2.45) is 7.05 Å². The maximum absolute atomic E-state index is 13.0. The molecular weight excluding hydrogens is 410 g/mol. The number of nitro groups is 1. The zero-order valence-electron chi connectivity index (χ0n) is 17.7. The van der Waals surface area contributed by atoms with Crippen molar-refractivity contribution in [2.45, 2.75) is 39.5 Å². The number of aliphatic hydroxyl groups excluding tert-OH is 1. The first-order valence-electron chi connectivity index (χ1n) is 9.27. The minimum Gasteiger partial charge on any atom is -0.465 e. The summed E-state index contributed by atoms with van der Waals surface area (Å²) < 4.78 is 1.21. The molecule has 2 N–H and O–H groups in total. The number of carboxylic acid groups (broad SMARTS) is 1. The van der Waals surface area contributed by atoms with Crippen molar-refractivity contribution in [3.63, 3.8) is 0 Å². The van der Waals surface area contributed by atoms with Crippen molar-refractivity contribution in [3.8, 4) is 0 Å². The second-order valence-corrected chi connectivity index (χ2v) is 7.69. The highest BCUT2D eigenvalue weighted by Crippen LogP contribution is 2.21. The summed E-state index contributed by atoms with van der Waals surface area (Å²) in [6.07, 6.45) is -0.0175. The average Bonchev–Trinajstić information content (AvgIpc) is 3.06. The molecule has 0 radical (unpaired) electrons. The van der Waals surface area contributed by atoms with Gasteiger partial charge in [-0.1, -0.05) is 17.1 Å². The minimum atomic E-state index is -1.27. The number of aromatic nitrogens is 2. The third kappa shape index (κ3) is 5.77. The maximum atomic E-state index is 13.0. The van der Waals surface area contributed by atoms with E-state index in [2.05, 4.69) is 4.98 Å². The quantitative estimate of drug-likeness (QED) is 0.472. The molecule has 2 rings (SSSR count). The van der Waals surface area contributed by atoms with Gasteiger partial charge in [-0.25, -0.2) is 9.36 Å². The number of benzene rings is 1. The summed E-state index contributed by atoms with van der Waals surface area (Å²) in [5.74, 6) is -1.06. The van der Waals surface area contributed by atoms with Crippen LogP contribution in [0.1, 0.15) is 32.0 Å². The topological polar surface area (TPSA) is 151 Å². The van der Waals surface area contributed by atoms with Gasteiger partial charge in [-0.15, -0.1) is 0 Å². The summed E-state index contributed by atoms with van der Waals surface area (Å²) in [4.78, 5) is 45.3. The Labute approximate surface area is 178 Å². The lowest BCUT2D eigenvalue weighted by molar-refractivity contribution is -0.396. The number of amides is 2. The summed E-state index contributed by atoms with van der Waals surface area (Å²) in [5.41, 5.74) is 0.269. The molecule has 2 aromatic rings. The van der Waals surface area contributed by atoms with E-state index in [1.807, 2.05) is 0 Å². The highest BCUT2D eigenvalue weighted by Gasteiger charge is 2.31. The Morgan fingerprint density at radius 1 is 1.32 bits per heavy atom. The Bertz CT molecular complexity index is 967. The number of anilines is 1. The molecule has 0 bridgehead atoms. The van der Waals surface area contributed by atoms with Gasteiger partial charge in [0.2, 0.25) is 0 Å². The Hall–Kier alpha value is -3.51. The monoisotopic (exact) mass is 435 g/mol.